The summed E-state index contributed by atoms with van der Waals surface area (Å²) in [5.41, 5.74) is 2.62. The molecule has 0 amide bonds. The fourth-order valence-electron chi connectivity index (χ4n) is 1.07. The van der Waals surface area contributed by atoms with E-state index in [4.69, 9.17) is 28.7 Å². The zero-order valence-electron chi connectivity index (χ0n) is 8.03. The van der Waals surface area contributed by atoms with Gasteiger partial charge in [-0.05, 0) is 0 Å². The van der Waals surface area contributed by atoms with E-state index in [-0.39, 0.29) is 7.92 Å². The first kappa shape index (κ1) is 15.0. The Bertz CT molecular complexity index is 291. The van der Waals surface area contributed by atoms with Gasteiger partial charge in [0, 0.05) is 0 Å². The molecular formula is C8H12Cl2NO3P. The van der Waals surface area contributed by atoms with E-state index in [0.29, 0.717) is 23.2 Å². The topological polar surface area (TPSA) is 57.6 Å². The van der Waals surface area contributed by atoms with Crippen molar-refractivity contribution in [2.75, 3.05) is 0 Å². The normalized spacial score (nSPS) is 12.2. The van der Waals surface area contributed by atoms with Crippen LogP contribution in [0.15, 0.2) is 0 Å². The first-order valence-electron chi connectivity index (χ1n) is 4.48. The molecule has 0 heterocycles. The van der Waals surface area contributed by atoms with Crippen molar-refractivity contribution in [3.05, 3.63) is 0 Å². The number of nitrogens with zero attached hydrogens (tertiary/aromatic N) is 1. The zero-order valence-corrected chi connectivity index (χ0v) is 10.4. The standard InChI is InChI=1S/C8H12Cl2NO3P/c9-11(10)7(8(12)13)5-3-1-2-4-6-15-14/h7H,1-5H2,(H,12,13). The van der Waals surface area contributed by atoms with Gasteiger partial charge >= 0.3 is 99.6 Å². The van der Waals surface area contributed by atoms with E-state index in [0.717, 1.165) is 12.8 Å². The van der Waals surface area contributed by atoms with Gasteiger partial charge in [-0.15, -0.1) is 0 Å². The van der Waals surface area contributed by atoms with E-state index in [1.165, 1.54) is 0 Å². The summed E-state index contributed by atoms with van der Waals surface area (Å²) in [7, 11) is -0.0782. The second-order valence-corrected chi connectivity index (χ2v) is 4.36. The average Bonchev–Trinajstić information content (AvgIpc) is 2.15. The van der Waals surface area contributed by atoms with Crippen LogP contribution in [-0.2, 0) is 9.36 Å². The van der Waals surface area contributed by atoms with Crippen LogP contribution in [0.5, 0.6) is 0 Å². The monoisotopic (exact) mass is 271 g/mol. The molecular weight excluding hydrogens is 260 g/mol. The van der Waals surface area contributed by atoms with Gasteiger partial charge in [0.15, 0.2) is 0 Å². The predicted octanol–water partition coefficient (Wildman–Crippen LogP) is 3.25. The molecule has 0 spiro atoms. The first-order valence-corrected chi connectivity index (χ1v) is 5.97. The van der Waals surface area contributed by atoms with Crippen LogP contribution in [0.3, 0.4) is 0 Å². The molecule has 1 atom stereocenters. The fourth-order valence-corrected chi connectivity index (χ4v) is 1.68. The molecule has 0 radical (unpaired) electrons. The van der Waals surface area contributed by atoms with Gasteiger partial charge in [0.05, 0.1) is 0 Å². The molecule has 7 heteroatoms. The van der Waals surface area contributed by atoms with Gasteiger partial charge in [0.25, 0.3) is 0 Å². The molecule has 0 fully saturated rings. The van der Waals surface area contributed by atoms with Crippen LogP contribution in [0.1, 0.15) is 32.1 Å². The molecule has 0 aliphatic heterocycles. The Morgan fingerprint density at radius 2 is 2.07 bits per heavy atom. The minimum atomic E-state index is -1.03. The second kappa shape index (κ2) is 9.26. The van der Waals surface area contributed by atoms with E-state index in [9.17, 15) is 9.36 Å². The molecule has 0 bridgehead atoms. The predicted molar refractivity (Wildman–Crippen MR) is 59.5 cm³/mol. The van der Waals surface area contributed by atoms with Crippen molar-refractivity contribution in [3.63, 3.8) is 0 Å². The summed E-state index contributed by atoms with van der Waals surface area (Å²) in [4.78, 5) is 10.6. The number of aliphatic carboxylic acids is 1. The van der Waals surface area contributed by atoms with E-state index < -0.39 is 12.0 Å². The molecule has 1 unspecified atom stereocenters. The molecule has 0 aromatic rings. The van der Waals surface area contributed by atoms with Gasteiger partial charge in [0.2, 0.25) is 0 Å². The number of carboxylic acids is 1. The third-order valence-corrected chi connectivity index (χ3v) is 2.68. The third-order valence-electron chi connectivity index (χ3n) is 1.85. The zero-order chi connectivity index (χ0) is 11.7. The van der Waals surface area contributed by atoms with Crippen molar-refractivity contribution in [2.24, 2.45) is 0 Å². The van der Waals surface area contributed by atoms with Gasteiger partial charge in [0.1, 0.15) is 0 Å². The Balaban J connectivity index is 3.66. The van der Waals surface area contributed by atoms with E-state index in [1.807, 2.05) is 0 Å². The van der Waals surface area contributed by atoms with Crippen LogP contribution < -0.4 is 0 Å². The Kier molecular flexibility index (Phi) is 9.27. The first-order chi connectivity index (χ1) is 7.09. The van der Waals surface area contributed by atoms with Crippen LogP contribution in [0.4, 0.5) is 0 Å². The summed E-state index contributed by atoms with van der Waals surface area (Å²) in [6.45, 7) is 0. The van der Waals surface area contributed by atoms with E-state index >= 15 is 0 Å². The number of unbranched alkanes of at least 4 members (excludes halogenated alkanes) is 3. The van der Waals surface area contributed by atoms with Crippen molar-refractivity contribution >= 4 is 37.4 Å². The van der Waals surface area contributed by atoms with Gasteiger partial charge in [-0.1, -0.05) is 0 Å². The van der Waals surface area contributed by atoms with Crippen LogP contribution in [0.25, 0.3) is 0 Å². The van der Waals surface area contributed by atoms with E-state index in [2.05, 4.69) is 5.63 Å². The molecule has 0 rings (SSSR count). The van der Waals surface area contributed by atoms with Crippen molar-refractivity contribution < 1.29 is 14.5 Å². The molecule has 0 aromatic carbocycles. The van der Waals surface area contributed by atoms with Crippen LogP contribution >= 0.6 is 31.5 Å². The van der Waals surface area contributed by atoms with Crippen LogP contribution in [0, 0.1) is 5.63 Å². The Morgan fingerprint density at radius 1 is 1.40 bits per heavy atom. The quantitative estimate of drug-likeness (QED) is 0.439. The molecule has 86 valence electrons. The third kappa shape index (κ3) is 7.89. The van der Waals surface area contributed by atoms with E-state index in [1.54, 1.807) is 0 Å². The summed E-state index contributed by atoms with van der Waals surface area (Å²) < 4.78 is 10.7. The van der Waals surface area contributed by atoms with Gasteiger partial charge in [-0.3, -0.25) is 0 Å². The maximum absolute atomic E-state index is 10.6. The van der Waals surface area contributed by atoms with Crippen molar-refractivity contribution in [1.29, 1.82) is 0 Å². The number of rotatable bonds is 7. The Morgan fingerprint density at radius 3 is 2.53 bits per heavy atom. The van der Waals surface area contributed by atoms with Crippen molar-refractivity contribution in [2.45, 2.75) is 38.1 Å². The Hall–Kier alpha value is 0.0200. The Labute approximate surface area is 99.9 Å². The molecule has 15 heavy (non-hydrogen) atoms. The molecule has 0 aliphatic rings. The second-order valence-electron chi connectivity index (χ2n) is 2.96. The summed E-state index contributed by atoms with van der Waals surface area (Å²) in [6.07, 6.45) is 3.44. The van der Waals surface area contributed by atoms with Crippen molar-refractivity contribution in [3.8, 4) is 5.63 Å². The van der Waals surface area contributed by atoms with Gasteiger partial charge in [-0.2, -0.15) is 0 Å². The fraction of sp³-hybridized carbons (Fsp3) is 0.750. The number of carboxylic acid groups (broad SMARTS) is 1. The molecule has 0 saturated heterocycles. The minimum absolute atomic E-state index is 0.0782. The molecule has 0 aliphatic carbocycles. The number of hydrogen-bond acceptors (Lipinski definition) is 3. The van der Waals surface area contributed by atoms with Crippen LogP contribution in [-0.4, -0.2) is 21.1 Å². The molecule has 4 nitrogen and oxygen atoms in total. The van der Waals surface area contributed by atoms with Crippen molar-refractivity contribution in [1.82, 2.24) is 3.94 Å². The maximum atomic E-state index is 10.6. The number of halogens is 2. The van der Waals surface area contributed by atoms with Gasteiger partial charge in [-0.25, -0.2) is 0 Å². The summed E-state index contributed by atoms with van der Waals surface area (Å²) >= 11 is 10.7. The SMILES string of the molecule is O=P#CCCCCCC(C(=O)O)N(Cl)Cl. The molecule has 0 aromatic heterocycles. The summed E-state index contributed by atoms with van der Waals surface area (Å²) in [6, 6.07) is -0.862. The van der Waals surface area contributed by atoms with Gasteiger partial charge < -0.3 is 0 Å². The average molecular weight is 272 g/mol. The summed E-state index contributed by atoms with van der Waals surface area (Å²) in [5.74, 6) is -1.03. The number of hydrogen-bond donors (Lipinski definition) is 1. The number of carbonyl (C=O) groups is 1. The molecule has 1 N–H and O–H groups in total. The summed E-state index contributed by atoms with van der Waals surface area (Å²) in [5, 5.41) is 8.72. The van der Waals surface area contributed by atoms with Crippen LogP contribution in [0.2, 0.25) is 0 Å². The molecule has 0 saturated carbocycles.